The van der Waals surface area contributed by atoms with Crippen LogP contribution in [0.3, 0.4) is 0 Å². The average molecular weight is 154 g/mol. The molecule has 0 saturated heterocycles. The third-order valence-electron chi connectivity index (χ3n) is 1.46. The average Bonchev–Trinajstić information content (AvgIpc) is 1.88. The number of hydrogen-bond donors (Lipinski definition) is 0. The number of benzene rings is 1. The highest BCUT2D eigenvalue weighted by atomic mass is 35.5. The highest BCUT2D eigenvalue weighted by Gasteiger charge is 1.97. The fraction of sp³-hybridized carbons (Fsp3) is 0.333. The zero-order valence-electron chi connectivity index (χ0n) is 6.19. The van der Waals surface area contributed by atoms with Crippen molar-refractivity contribution in [2.45, 2.75) is 19.8 Å². The summed E-state index contributed by atoms with van der Waals surface area (Å²) in [5.41, 5.74) is 1.27. The largest absolute Gasteiger partial charge is 0.0837 e. The quantitative estimate of drug-likeness (QED) is 0.581. The van der Waals surface area contributed by atoms with Crippen LogP contribution in [0.25, 0.3) is 0 Å². The van der Waals surface area contributed by atoms with Gasteiger partial charge in [-0.05, 0) is 17.5 Å². The maximum atomic E-state index is 5.73. The van der Waals surface area contributed by atoms with Gasteiger partial charge in [-0.15, -0.1) is 0 Å². The van der Waals surface area contributed by atoms with Crippen molar-refractivity contribution in [2.75, 3.05) is 0 Å². The molecule has 1 aromatic rings. The Morgan fingerprint density at radius 2 is 2.20 bits per heavy atom. The van der Waals surface area contributed by atoms with Crippen LogP contribution in [-0.2, 0) is 0 Å². The first kappa shape index (κ1) is 7.62. The van der Waals surface area contributed by atoms with E-state index < -0.39 is 0 Å². The summed E-state index contributed by atoms with van der Waals surface area (Å²) >= 11 is 5.73. The fourth-order valence-electron chi connectivity index (χ4n) is 0.813. The molecule has 0 nitrogen and oxygen atoms in total. The van der Waals surface area contributed by atoms with Gasteiger partial charge in [0.25, 0.3) is 0 Å². The second-order valence-electron chi connectivity index (χ2n) is 2.62. The Hall–Kier alpha value is -0.490. The topological polar surface area (TPSA) is 0 Å². The summed E-state index contributed by atoms with van der Waals surface area (Å²) in [7, 11) is 0. The molecule has 1 rings (SSSR count). The molecular formula is C9H10Cl. The summed E-state index contributed by atoms with van der Waals surface area (Å²) in [5, 5.41) is 0.700. The van der Waals surface area contributed by atoms with Gasteiger partial charge in [-0.25, -0.2) is 0 Å². The second kappa shape index (κ2) is 3.07. The van der Waals surface area contributed by atoms with Crippen LogP contribution in [0.15, 0.2) is 18.2 Å². The Kier molecular flexibility index (Phi) is 2.34. The van der Waals surface area contributed by atoms with Crippen molar-refractivity contribution >= 4 is 11.6 Å². The molecule has 10 heavy (non-hydrogen) atoms. The SMILES string of the molecule is CC(C)c1cc[c]c(Cl)c1. The molecule has 0 amide bonds. The molecule has 0 heterocycles. The van der Waals surface area contributed by atoms with Gasteiger partial charge in [-0.1, -0.05) is 37.6 Å². The van der Waals surface area contributed by atoms with Crippen LogP contribution in [0, 0.1) is 6.07 Å². The molecule has 0 spiro atoms. The van der Waals surface area contributed by atoms with Crippen molar-refractivity contribution in [3.63, 3.8) is 0 Å². The lowest BCUT2D eigenvalue weighted by Gasteiger charge is -2.03. The van der Waals surface area contributed by atoms with Gasteiger partial charge in [0.05, 0.1) is 0 Å². The Morgan fingerprint density at radius 3 is 2.60 bits per heavy atom. The summed E-state index contributed by atoms with van der Waals surface area (Å²) in [5.74, 6) is 0.548. The monoisotopic (exact) mass is 153 g/mol. The molecule has 1 aromatic carbocycles. The van der Waals surface area contributed by atoms with Crippen molar-refractivity contribution in [1.29, 1.82) is 0 Å². The first-order chi connectivity index (χ1) is 4.70. The first-order valence-electron chi connectivity index (χ1n) is 3.37. The molecule has 0 unspecified atom stereocenters. The molecule has 0 aromatic heterocycles. The highest BCUT2D eigenvalue weighted by molar-refractivity contribution is 6.30. The van der Waals surface area contributed by atoms with Gasteiger partial charge < -0.3 is 0 Å². The minimum Gasteiger partial charge on any atom is -0.0837 e. The summed E-state index contributed by atoms with van der Waals surface area (Å²) in [4.78, 5) is 0. The second-order valence-corrected chi connectivity index (χ2v) is 3.03. The molecule has 1 radical (unpaired) electrons. The molecule has 0 N–H and O–H groups in total. The van der Waals surface area contributed by atoms with Gasteiger partial charge in [0.2, 0.25) is 0 Å². The van der Waals surface area contributed by atoms with E-state index in [0.29, 0.717) is 10.9 Å². The van der Waals surface area contributed by atoms with Crippen LogP contribution in [0.1, 0.15) is 25.3 Å². The predicted octanol–water partition coefficient (Wildman–Crippen LogP) is 3.26. The van der Waals surface area contributed by atoms with E-state index in [-0.39, 0.29) is 0 Å². The fourth-order valence-corrected chi connectivity index (χ4v) is 1.00. The van der Waals surface area contributed by atoms with E-state index in [0.717, 1.165) is 0 Å². The van der Waals surface area contributed by atoms with Crippen LogP contribution in [0.5, 0.6) is 0 Å². The van der Waals surface area contributed by atoms with Crippen LogP contribution < -0.4 is 0 Å². The van der Waals surface area contributed by atoms with Crippen molar-refractivity contribution in [2.24, 2.45) is 0 Å². The smallest absolute Gasteiger partial charge is 0.0487 e. The summed E-state index contributed by atoms with van der Waals surface area (Å²) in [6.07, 6.45) is 0. The van der Waals surface area contributed by atoms with E-state index in [9.17, 15) is 0 Å². The molecule has 0 saturated carbocycles. The van der Waals surface area contributed by atoms with E-state index in [2.05, 4.69) is 19.9 Å². The van der Waals surface area contributed by atoms with Gasteiger partial charge >= 0.3 is 0 Å². The maximum absolute atomic E-state index is 5.73. The lowest BCUT2D eigenvalue weighted by molar-refractivity contribution is 0.867. The maximum Gasteiger partial charge on any atom is 0.0487 e. The molecular weight excluding hydrogens is 144 g/mol. The highest BCUT2D eigenvalue weighted by Crippen LogP contribution is 2.17. The minimum atomic E-state index is 0.548. The lowest BCUT2D eigenvalue weighted by atomic mass is 10.0. The van der Waals surface area contributed by atoms with Crippen LogP contribution in [0.2, 0.25) is 5.02 Å². The Labute approximate surface area is 66.8 Å². The summed E-state index contributed by atoms with van der Waals surface area (Å²) < 4.78 is 0. The number of halogens is 1. The molecule has 0 bridgehead atoms. The van der Waals surface area contributed by atoms with Gasteiger partial charge in [-0.3, -0.25) is 0 Å². The van der Waals surface area contributed by atoms with Crippen molar-refractivity contribution in [3.8, 4) is 0 Å². The molecule has 1 heteroatoms. The number of hydrogen-bond acceptors (Lipinski definition) is 0. The lowest BCUT2D eigenvalue weighted by Crippen LogP contribution is -1.84. The van der Waals surface area contributed by atoms with Crippen LogP contribution >= 0.6 is 11.6 Å². The minimum absolute atomic E-state index is 0.548. The number of rotatable bonds is 1. The standard InChI is InChI=1S/C9H10Cl/c1-7(2)8-4-3-5-9(10)6-8/h3-4,6-7H,1-2H3. The normalized spacial score (nSPS) is 10.4. The molecule has 0 atom stereocenters. The van der Waals surface area contributed by atoms with Crippen molar-refractivity contribution in [3.05, 3.63) is 34.9 Å². The van der Waals surface area contributed by atoms with Gasteiger partial charge in [0.15, 0.2) is 0 Å². The molecule has 0 aliphatic rings. The molecule has 0 fully saturated rings. The summed E-state index contributed by atoms with van der Waals surface area (Å²) in [6.45, 7) is 4.29. The van der Waals surface area contributed by atoms with E-state index in [1.54, 1.807) is 0 Å². The van der Waals surface area contributed by atoms with Gasteiger partial charge in [0.1, 0.15) is 0 Å². The van der Waals surface area contributed by atoms with E-state index in [4.69, 9.17) is 11.6 Å². The van der Waals surface area contributed by atoms with E-state index in [1.165, 1.54) is 5.56 Å². The van der Waals surface area contributed by atoms with Gasteiger partial charge in [-0.2, -0.15) is 0 Å². The Balaban J connectivity index is 2.96. The molecule has 0 aliphatic heterocycles. The van der Waals surface area contributed by atoms with E-state index in [1.807, 2.05) is 18.2 Å². The predicted molar refractivity (Wildman–Crippen MR) is 44.4 cm³/mol. The molecule has 53 valence electrons. The van der Waals surface area contributed by atoms with Crippen LogP contribution in [-0.4, -0.2) is 0 Å². The first-order valence-corrected chi connectivity index (χ1v) is 3.75. The Morgan fingerprint density at radius 1 is 1.50 bits per heavy atom. The third-order valence-corrected chi connectivity index (χ3v) is 1.68. The van der Waals surface area contributed by atoms with E-state index >= 15 is 0 Å². The Bertz CT molecular complexity index is 216. The summed E-state index contributed by atoms with van der Waals surface area (Å²) in [6, 6.07) is 8.74. The molecule has 0 aliphatic carbocycles. The van der Waals surface area contributed by atoms with Crippen molar-refractivity contribution in [1.82, 2.24) is 0 Å². The van der Waals surface area contributed by atoms with Crippen molar-refractivity contribution < 1.29 is 0 Å². The zero-order valence-corrected chi connectivity index (χ0v) is 6.94. The zero-order chi connectivity index (χ0) is 7.56. The van der Waals surface area contributed by atoms with Crippen LogP contribution in [0.4, 0.5) is 0 Å². The van der Waals surface area contributed by atoms with Gasteiger partial charge in [0, 0.05) is 11.1 Å². The third kappa shape index (κ3) is 1.74.